The molecule has 35 heavy (non-hydrogen) atoms. The number of nitrogens with zero attached hydrogens (tertiary/aromatic N) is 2. The van der Waals surface area contributed by atoms with Gasteiger partial charge in [0, 0.05) is 31.7 Å². The van der Waals surface area contributed by atoms with Crippen molar-refractivity contribution in [2.45, 2.75) is 19.9 Å². The molecule has 8 nitrogen and oxygen atoms in total. The van der Waals surface area contributed by atoms with E-state index in [1.54, 1.807) is 42.3 Å². The Morgan fingerprint density at radius 2 is 1.80 bits per heavy atom. The number of rotatable bonds is 8. The van der Waals surface area contributed by atoms with Crippen molar-refractivity contribution < 1.29 is 28.9 Å². The van der Waals surface area contributed by atoms with Crippen molar-refractivity contribution in [1.29, 1.82) is 0 Å². The normalized spacial score (nSPS) is 20.3. The van der Waals surface area contributed by atoms with Gasteiger partial charge in [0.1, 0.15) is 17.3 Å². The van der Waals surface area contributed by atoms with Gasteiger partial charge in [-0.25, -0.2) is 0 Å². The number of carbonyl (C=O) groups excluding carboxylic acids is 2. The van der Waals surface area contributed by atoms with E-state index in [1.807, 2.05) is 26.0 Å². The van der Waals surface area contributed by atoms with E-state index in [0.29, 0.717) is 50.0 Å². The number of aryl methyl sites for hydroxylation is 1. The van der Waals surface area contributed by atoms with E-state index < -0.39 is 17.7 Å². The van der Waals surface area contributed by atoms with E-state index in [0.717, 1.165) is 24.2 Å². The molecule has 2 aromatic carbocycles. The van der Waals surface area contributed by atoms with E-state index in [1.165, 1.54) is 0 Å². The zero-order valence-electron chi connectivity index (χ0n) is 20.5. The molecule has 2 aliphatic heterocycles. The number of hydrogen-bond acceptors (Lipinski definition) is 7. The SMILES string of the molecule is CCOc1ccc(/C(O)=C2\C(=O)C(=O)N(CCN3CCOCC3)C2c2ccc(OC)cc2)cc1C. The Hall–Kier alpha value is -3.36. The van der Waals surface area contributed by atoms with Gasteiger partial charge in [0.05, 0.1) is 38.5 Å². The number of benzene rings is 2. The summed E-state index contributed by atoms with van der Waals surface area (Å²) in [7, 11) is 1.58. The van der Waals surface area contributed by atoms with Crippen molar-refractivity contribution in [2.75, 3.05) is 53.1 Å². The molecule has 2 fully saturated rings. The van der Waals surface area contributed by atoms with Crippen LogP contribution in [0.4, 0.5) is 0 Å². The molecule has 0 aromatic heterocycles. The molecule has 186 valence electrons. The van der Waals surface area contributed by atoms with Crippen molar-refractivity contribution in [1.82, 2.24) is 9.80 Å². The molecule has 1 atom stereocenters. The van der Waals surface area contributed by atoms with Crippen LogP contribution >= 0.6 is 0 Å². The second kappa shape index (κ2) is 10.9. The maximum absolute atomic E-state index is 13.3. The molecular weight excluding hydrogens is 448 g/mol. The Morgan fingerprint density at radius 1 is 1.09 bits per heavy atom. The van der Waals surface area contributed by atoms with Crippen molar-refractivity contribution in [3.63, 3.8) is 0 Å². The predicted octanol–water partition coefficient (Wildman–Crippen LogP) is 3.16. The predicted molar refractivity (Wildman–Crippen MR) is 132 cm³/mol. The zero-order valence-corrected chi connectivity index (χ0v) is 20.5. The van der Waals surface area contributed by atoms with Crippen LogP contribution in [0.5, 0.6) is 11.5 Å². The fourth-order valence-corrected chi connectivity index (χ4v) is 4.59. The summed E-state index contributed by atoms with van der Waals surface area (Å²) >= 11 is 0. The van der Waals surface area contributed by atoms with Gasteiger partial charge >= 0.3 is 0 Å². The second-order valence-electron chi connectivity index (χ2n) is 8.63. The van der Waals surface area contributed by atoms with Crippen LogP contribution in [0.2, 0.25) is 0 Å². The first-order valence-corrected chi connectivity index (χ1v) is 11.9. The second-order valence-corrected chi connectivity index (χ2v) is 8.63. The van der Waals surface area contributed by atoms with Crippen LogP contribution in [0.3, 0.4) is 0 Å². The standard InChI is InChI=1S/C27H32N2O6/c1-4-35-22-10-7-20(17-18(22)2)25(30)23-24(19-5-8-21(33-3)9-6-19)29(27(32)26(23)31)12-11-28-13-15-34-16-14-28/h5-10,17,24,30H,4,11-16H2,1-3H3/b25-23+. The van der Waals surface area contributed by atoms with Gasteiger partial charge in [-0.05, 0) is 55.3 Å². The Morgan fingerprint density at radius 3 is 2.43 bits per heavy atom. The summed E-state index contributed by atoms with van der Waals surface area (Å²) < 4.78 is 16.3. The van der Waals surface area contributed by atoms with Crippen LogP contribution in [-0.4, -0.2) is 79.7 Å². The third-order valence-electron chi connectivity index (χ3n) is 6.48. The molecular formula is C27H32N2O6. The molecule has 1 N–H and O–H groups in total. The first-order valence-electron chi connectivity index (χ1n) is 11.9. The monoisotopic (exact) mass is 480 g/mol. The van der Waals surface area contributed by atoms with E-state index in [2.05, 4.69) is 4.90 Å². The number of methoxy groups -OCH3 is 1. The van der Waals surface area contributed by atoms with Crippen LogP contribution in [0.25, 0.3) is 5.76 Å². The number of carbonyl (C=O) groups is 2. The first kappa shape index (κ1) is 24.8. The number of hydrogen-bond donors (Lipinski definition) is 1. The maximum atomic E-state index is 13.3. The molecule has 0 spiro atoms. The highest BCUT2D eigenvalue weighted by Crippen LogP contribution is 2.40. The molecule has 2 aliphatic rings. The van der Waals surface area contributed by atoms with Gasteiger partial charge < -0.3 is 24.2 Å². The molecule has 8 heteroatoms. The average Bonchev–Trinajstić information content (AvgIpc) is 3.14. The molecule has 2 saturated heterocycles. The fourth-order valence-electron chi connectivity index (χ4n) is 4.59. The lowest BCUT2D eigenvalue weighted by Crippen LogP contribution is -2.42. The summed E-state index contributed by atoms with van der Waals surface area (Å²) in [6, 6.07) is 11.8. The number of morpholine rings is 1. The van der Waals surface area contributed by atoms with Crippen molar-refractivity contribution in [3.05, 3.63) is 64.7 Å². The van der Waals surface area contributed by atoms with Crippen LogP contribution in [0.1, 0.15) is 29.7 Å². The van der Waals surface area contributed by atoms with Gasteiger partial charge in [0.15, 0.2) is 0 Å². The number of Topliss-reactive ketones (excluding diaryl/α,β-unsaturated/α-hetero) is 1. The lowest BCUT2D eigenvalue weighted by Gasteiger charge is -2.31. The number of likely N-dealkylation sites (tertiary alicyclic amines) is 1. The summed E-state index contributed by atoms with van der Waals surface area (Å²) in [5, 5.41) is 11.3. The number of ether oxygens (including phenoxy) is 3. The molecule has 0 aliphatic carbocycles. The fraction of sp³-hybridized carbons (Fsp3) is 0.407. The third kappa shape index (κ3) is 5.18. The quantitative estimate of drug-likeness (QED) is 0.353. The molecule has 2 heterocycles. The molecule has 0 bridgehead atoms. The summed E-state index contributed by atoms with van der Waals surface area (Å²) in [5.41, 5.74) is 2.12. The number of amides is 1. The van der Waals surface area contributed by atoms with Gasteiger partial charge in [-0.3, -0.25) is 14.5 Å². The molecule has 2 aromatic rings. The van der Waals surface area contributed by atoms with Gasteiger partial charge in [-0.1, -0.05) is 12.1 Å². The number of ketones is 1. The Balaban J connectivity index is 1.73. The van der Waals surface area contributed by atoms with Crippen LogP contribution in [-0.2, 0) is 14.3 Å². The van der Waals surface area contributed by atoms with Crippen molar-refractivity contribution in [2.24, 2.45) is 0 Å². The lowest BCUT2D eigenvalue weighted by atomic mass is 9.94. The van der Waals surface area contributed by atoms with Crippen LogP contribution in [0, 0.1) is 6.92 Å². The number of aliphatic hydroxyl groups excluding tert-OH is 1. The molecule has 0 saturated carbocycles. The van der Waals surface area contributed by atoms with E-state index in [9.17, 15) is 14.7 Å². The summed E-state index contributed by atoms with van der Waals surface area (Å²) in [6.45, 7) is 8.15. The van der Waals surface area contributed by atoms with Crippen molar-refractivity contribution in [3.8, 4) is 11.5 Å². The minimum Gasteiger partial charge on any atom is -0.507 e. The van der Waals surface area contributed by atoms with Gasteiger partial charge in [-0.2, -0.15) is 0 Å². The maximum Gasteiger partial charge on any atom is 0.295 e. The highest BCUT2D eigenvalue weighted by Gasteiger charge is 2.46. The van der Waals surface area contributed by atoms with E-state index in [-0.39, 0.29) is 11.3 Å². The molecule has 1 unspecified atom stereocenters. The zero-order chi connectivity index (χ0) is 24.9. The Kier molecular flexibility index (Phi) is 7.73. The Labute approximate surface area is 205 Å². The average molecular weight is 481 g/mol. The highest BCUT2D eigenvalue weighted by molar-refractivity contribution is 6.46. The first-order chi connectivity index (χ1) is 16.9. The van der Waals surface area contributed by atoms with Gasteiger partial charge in [0.2, 0.25) is 0 Å². The topological polar surface area (TPSA) is 88.5 Å². The summed E-state index contributed by atoms with van der Waals surface area (Å²) in [4.78, 5) is 30.2. The summed E-state index contributed by atoms with van der Waals surface area (Å²) in [6.07, 6.45) is 0. The summed E-state index contributed by atoms with van der Waals surface area (Å²) in [5.74, 6) is -0.104. The number of aliphatic hydroxyl groups is 1. The van der Waals surface area contributed by atoms with Crippen LogP contribution in [0.15, 0.2) is 48.0 Å². The molecule has 1 amide bonds. The van der Waals surface area contributed by atoms with E-state index >= 15 is 0 Å². The Bertz CT molecular complexity index is 1110. The third-order valence-corrected chi connectivity index (χ3v) is 6.48. The van der Waals surface area contributed by atoms with Gasteiger partial charge in [0.25, 0.3) is 11.7 Å². The largest absolute Gasteiger partial charge is 0.507 e. The molecule has 0 radical (unpaired) electrons. The lowest BCUT2D eigenvalue weighted by molar-refractivity contribution is -0.140. The molecule has 4 rings (SSSR count). The minimum atomic E-state index is -0.700. The van der Waals surface area contributed by atoms with Crippen LogP contribution < -0.4 is 9.47 Å². The highest BCUT2D eigenvalue weighted by atomic mass is 16.5. The van der Waals surface area contributed by atoms with Crippen molar-refractivity contribution >= 4 is 17.4 Å². The van der Waals surface area contributed by atoms with Gasteiger partial charge in [-0.15, -0.1) is 0 Å². The van der Waals surface area contributed by atoms with E-state index in [4.69, 9.17) is 14.2 Å². The smallest absolute Gasteiger partial charge is 0.295 e. The minimum absolute atomic E-state index is 0.0886.